The van der Waals surface area contributed by atoms with Gasteiger partial charge in [-0.05, 0) is 6.42 Å². The summed E-state index contributed by atoms with van der Waals surface area (Å²) in [5.74, 6) is -2.80. The van der Waals surface area contributed by atoms with Crippen molar-refractivity contribution in [1.82, 2.24) is 0 Å². The molecule has 0 amide bonds. The van der Waals surface area contributed by atoms with Crippen LogP contribution in [0.1, 0.15) is 77.6 Å². The van der Waals surface area contributed by atoms with E-state index in [4.69, 9.17) is 10.8 Å². The largest absolute Gasteiger partial charge is 0.481 e. The van der Waals surface area contributed by atoms with E-state index in [0.717, 1.165) is 12.8 Å². The van der Waals surface area contributed by atoms with Crippen LogP contribution in [0.5, 0.6) is 0 Å². The molecule has 0 aliphatic heterocycles. The third-order valence-corrected chi connectivity index (χ3v) is 3.40. The summed E-state index contributed by atoms with van der Waals surface area (Å²) in [6.45, 7) is 2.19. The van der Waals surface area contributed by atoms with Gasteiger partial charge in [0.15, 0.2) is 0 Å². The molecule has 0 aliphatic carbocycles. The van der Waals surface area contributed by atoms with E-state index in [1.54, 1.807) is 0 Å². The molecule has 0 aromatic heterocycles. The Morgan fingerprint density at radius 1 is 0.955 bits per heavy atom. The second kappa shape index (κ2) is 13.2. The van der Waals surface area contributed by atoms with Crippen molar-refractivity contribution in [3.8, 4) is 0 Å². The average Bonchev–Trinajstić information content (AvgIpc) is 2.44. The van der Waals surface area contributed by atoms with Gasteiger partial charge in [-0.1, -0.05) is 58.3 Å². The first-order valence-electron chi connectivity index (χ1n) is 8.19. The maximum absolute atomic E-state index is 11.4. The third-order valence-electron chi connectivity index (χ3n) is 3.40. The molecule has 3 N–H and O–H groups in total. The molecule has 0 fully saturated rings. The lowest BCUT2D eigenvalue weighted by atomic mass is 10.1. The smallest absolute Gasteiger partial charge is 0.331 e. The fourth-order valence-electron chi connectivity index (χ4n) is 2.09. The molecule has 0 unspecified atom stereocenters. The van der Waals surface area contributed by atoms with Crippen LogP contribution in [0, 0.1) is 0 Å². The van der Waals surface area contributed by atoms with E-state index in [2.05, 4.69) is 11.7 Å². The molecule has 0 aromatic carbocycles. The fourth-order valence-corrected chi connectivity index (χ4v) is 2.09. The quantitative estimate of drug-likeness (QED) is 0.307. The number of carbonyl (C=O) groups excluding carboxylic acids is 2. The fraction of sp³-hybridized carbons (Fsp3) is 0.812. The van der Waals surface area contributed by atoms with E-state index in [1.807, 2.05) is 0 Å². The van der Waals surface area contributed by atoms with Crippen LogP contribution in [0.4, 0.5) is 0 Å². The SMILES string of the molecule is CCCCCCCCCCCC(=O)OC(=O)[C@@H](N)CC(=O)O. The second-order valence-electron chi connectivity index (χ2n) is 5.58. The molecule has 6 nitrogen and oxygen atoms in total. The molecule has 6 heteroatoms. The van der Waals surface area contributed by atoms with Crippen molar-refractivity contribution in [2.75, 3.05) is 0 Å². The Hall–Kier alpha value is -1.43. The maximum atomic E-state index is 11.4. The van der Waals surface area contributed by atoms with Crippen LogP contribution < -0.4 is 5.73 Å². The highest BCUT2D eigenvalue weighted by molar-refractivity contribution is 5.90. The second-order valence-corrected chi connectivity index (χ2v) is 5.58. The minimum atomic E-state index is -1.29. The standard InChI is InChI=1S/C16H29NO5/c1-2-3-4-5-6-7-8-9-10-11-15(20)22-16(21)13(17)12-14(18)19/h13H,2-12,17H2,1H3,(H,18,19)/t13-/m0/s1. The number of carboxylic acids is 1. The van der Waals surface area contributed by atoms with Gasteiger partial charge in [0.05, 0.1) is 6.42 Å². The Kier molecular flexibility index (Phi) is 12.4. The minimum Gasteiger partial charge on any atom is -0.481 e. The average molecular weight is 315 g/mol. The van der Waals surface area contributed by atoms with Crippen LogP contribution in [-0.4, -0.2) is 29.1 Å². The van der Waals surface area contributed by atoms with Crippen molar-refractivity contribution in [3.05, 3.63) is 0 Å². The Labute approximate surface area is 132 Å². The van der Waals surface area contributed by atoms with Gasteiger partial charge in [0.25, 0.3) is 0 Å². The van der Waals surface area contributed by atoms with E-state index >= 15 is 0 Å². The lowest BCUT2D eigenvalue weighted by Crippen LogP contribution is -2.35. The first kappa shape index (κ1) is 20.6. The highest BCUT2D eigenvalue weighted by atomic mass is 16.6. The van der Waals surface area contributed by atoms with Crippen molar-refractivity contribution >= 4 is 17.9 Å². The number of esters is 2. The van der Waals surface area contributed by atoms with Crippen LogP contribution in [0.3, 0.4) is 0 Å². The van der Waals surface area contributed by atoms with Gasteiger partial charge in [-0.15, -0.1) is 0 Å². The van der Waals surface area contributed by atoms with E-state index in [-0.39, 0.29) is 6.42 Å². The van der Waals surface area contributed by atoms with E-state index in [9.17, 15) is 14.4 Å². The first-order chi connectivity index (χ1) is 10.5. The van der Waals surface area contributed by atoms with E-state index in [1.165, 1.54) is 38.5 Å². The zero-order valence-electron chi connectivity index (χ0n) is 13.5. The number of ether oxygens (including phenoxy) is 1. The summed E-state index contributed by atoms with van der Waals surface area (Å²) in [6, 6.07) is -1.29. The molecule has 0 aromatic rings. The summed E-state index contributed by atoms with van der Waals surface area (Å²) in [6.07, 6.45) is 9.81. The molecule has 0 saturated heterocycles. The van der Waals surface area contributed by atoms with Gasteiger partial charge in [0.1, 0.15) is 6.04 Å². The Morgan fingerprint density at radius 2 is 1.45 bits per heavy atom. The summed E-state index contributed by atoms with van der Waals surface area (Å²) >= 11 is 0. The van der Waals surface area contributed by atoms with Crippen molar-refractivity contribution in [2.45, 2.75) is 83.6 Å². The number of aliphatic carboxylic acids is 1. The molecule has 1 atom stereocenters. The molecule has 128 valence electrons. The molecule has 0 spiro atoms. The molecule has 0 rings (SSSR count). The van der Waals surface area contributed by atoms with Gasteiger partial charge >= 0.3 is 17.9 Å². The number of hydrogen-bond acceptors (Lipinski definition) is 5. The third kappa shape index (κ3) is 12.3. The predicted octanol–water partition coefficient (Wildman–Crippen LogP) is 2.78. The van der Waals surface area contributed by atoms with Crippen LogP contribution in [0.2, 0.25) is 0 Å². The van der Waals surface area contributed by atoms with Crippen molar-refractivity contribution in [3.63, 3.8) is 0 Å². The lowest BCUT2D eigenvalue weighted by molar-refractivity contribution is -0.162. The number of carbonyl (C=O) groups is 3. The lowest BCUT2D eigenvalue weighted by Gasteiger charge is -2.07. The summed E-state index contributed by atoms with van der Waals surface area (Å²) in [5, 5.41) is 8.49. The molecule has 0 saturated carbocycles. The van der Waals surface area contributed by atoms with Crippen LogP contribution >= 0.6 is 0 Å². The number of carboxylic acid groups (broad SMARTS) is 1. The monoisotopic (exact) mass is 315 g/mol. The molecule has 0 radical (unpaired) electrons. The van der Waals surface area contributed by atoms with Crippen molar-refractivity contribution in [2.24, 2.45) is 5.73 Å². The van der Waals surface area contributed by atoms with Crippen molar-refractivity contribution < 1.29 is 24.2 Å². The number of hydrogen-bond donors (Lipinski definition) is 2. The predicted molar refractivity (Wildman–Crippen MR) is 83.2 cm³/mol. The minimum absolute atomic E-state index is 0.168. The van der Waals surface area contributed by atoms with Gasteiger partial charge in [0.2, 0.25) is 0 Å². The summed E-state index contributed by atoms with van der Waals surface area (Å²) in [5.41, 5.74) is 5.30. The highest BCUT2D eigenvalue weighted by Crippen LogP contribution is 2.10. The highest BCUT2D eigenvalue weighted by Gasteiger charge is 2.21. The maximum Gasteiger partial charge on any atom is 0.331 e. The molecule has 0 bridgehead atoms. The first-order valence-corrected chi connectivity index (χ1v) is 8.19. The summed E-state index contributed by atoms with van der Waals surface area (Å²) in [4.78, 5) is 33.1. The number of unbranched alkanes of at least 4 members (excludes halogenated alkanes) is 8. The topological polar surface area (TPSA) is 107 Å². The van der Waals surface area contributed by atoms with Crippen molar-refractivity contribution in [1.29, 1.82) is 0 Å². The molecule has 22 heavy (non-hydrogen) atoms. The van der Waals surface area contributed by atoms with Gasteiger partial charge in [-0.3, -0.25) is 9.59 Å². The molecule has 0 aliphatic rings. The number of rotatable bonds is 13. The van der Waals surface area contributed by atoms with Crippen LogP contribution in [-0.2, 0) is 19.1 Å². The van der Waals surface area contributed by atoms with Gasteiger partial charge in [-0.25, -0.2) is 4.79 Å². The summed E-state index contributed by atoms with van der Waals surface area (Å²) in [7, 11) is 0. The van der Waals surface area contributed by atoms with Gasteiger partial charge in [0, 0.05) is 6.42 Å². The molecule has 0 heterocycles. The van der Waals surface area contributed by atoms with E-state index in [0.29, 0.717) is 6.42 Å². The van der Waals surface area contributed by atoms with Crippen LogP contribution in [0.15, 0.2) is 0 Å². The Bertz CT molecular complexity index is 343. The molecular formula is C16H29NO5. The zero-order chi connectivity index (χ0) is 16.8. The normalized spacial score (nSPS) is 11.9. The Morgan fingerprint density at radius 3 is 1.95 bits per heavy atom. The Balaban J connectivity index is 3.53. The zero-order valence-corrected chi connectivity index (χ0v) is 13.5. The summed E-state index contributed by atoms with van der Waals surface area (Å²) < 4.78 is 4.52. The van der Waals surface area contributed by atoms with Gasteiger partial charge < -0.3 is 15.6 Å². The van der Waals surface area contributed by atoms with Gasteiger partial charge in [-0.2, -0.15) is 0 Å². The van der Waals surface area contributed by atoms with E-state index < -0.39 is 30.4 Å². The molecular weight excluding hydrogens is 286 g/mol. The number of nitrogens with two attached hydrogens (primary N) is 1. The van der Waals surface area contributed by atoms with Crippen LogP contribution in [0.25, 0.3) is 0 Å².